The highest BCUT2D eigenvalue weighted by Gasteiger charge is 2.30. The van der Waals surface area contributed by atoms with Crippen molar-refractivity contribution in [2.75, 3.05) is 12.5 Å². The molecular formula is C13H16ClNO2. The van der Waals surface area contributed by atoms with Crippen LogP contribution < -0.4 is 10.1 Å². The van der Waals surface area contributed by atoms with Crippen molar-refractivity contribution in [3.8, 4) is 5.75 Å². The van der Waals surface area contributed by atoms with E-state index >= 15 is 0 Å². The fourth-order valence-corrected chi connectivity index (χ4v) is 2.29. The molecule has 1 aromatic rings. The second-order valence-corrected chi connectivity index (χ2v) is 4.67. The van der Waals surface area contributed by atoms with Gasteiger partial charge in [-0.05, 0) is 19.4 Å². The molecule has 1 aromatic carbocycles. The Labute approximate surface area is 106 Å². The molecule has 4 heteroatoms. The maximum atomic E-state index is 12.1. The summed E-state index contributed by atoms with van der Waals surface area (Å²) in [6, 6.07) is 7.78. The number of nitrogens with one attached hydrogen (secondary N) is 1. The van der Waals surface area contributed by atoms with Gasteiger partial charge in [-0.3, -0.25) is 4.79 Å². The lowest BCUT2D eigenvalue weighted by atomic mass is 10.00. The first-order chi connectivity index (χ1) is 8.22. The molecule has 1 aliphatic heterocycles. The first-order valence-corrected chi connectivity index (χ1v) is 6.34. The minimum absolute atomic E-state index is 0.0209. The van der Waals surface area contributed by atoms with Crippen LogP contribution in [0.5, 0.6) is 5.75 Å². The molecule has 0 spiro atoms. The number of fused-ring (bicyclic) bond motifs is 1. The van der Waals surface area contributed by atoms with Crippen LogP contribution in [0, 0.1) is 0 Å². The minimum atomic E-state index is -0.191. The SMILES string of the molecule is CC(CCCl)NC(=O)C1COc2ccccc21. The third-order valence-electron chi connectivity index (χ3n) is 2.95. The van der Waals surface area contributed by atoms with E-state index < -0.39 is 0 Å². The molecule has 0 aromatic heterocycles. The number of halogens is 1. The van der Waals surface area contributed by atoms with E-state index in [2.05, 4.69) is 5.32 Å². The lowest BCUT2D eigenvalue weighted by Crippen LogP contribution is -2.37. The van der Waals surface area contributed by atoms with Gasteiger partial charge < -0.3 is 10.1 Å². The van der Waals surface area contributed by atoms with Gasteiger partial charge in [-0.2, -0.15) is 0 Å². The summed E-state index contributed by atoms with van der Waals surface area (Å²) in [5, 5.41) is 2.96. The van der Waals surface area contributed by atoms with Crippen LogP contribution in [0.4, 0.5) is 0 Å². The van der Waals surface area contributed by atoms with Crippen molar-refractivity contribution in [3.05, 3.63) is 29.8 Å². The molecule has 2 unspecified atom stereocenters. The molecule has 1 amide bonds. The normalized spacial score (nSPS) is 19.3. The Morgan fingerprint density at radius 1 is 1.59 bits per heavy atom. The third kappa shape index (κ3) is 2.72. The molecule has 17 heavy (non-hydrogen) atoms. The van der Waals surface area contributed by atoms with E-state index in [1.807, 2.05) is 31.2 Å². The average molecular weight is 254 g/mol. The van der Waals surface area contributed by atoms with Gasteiger partial charge in [0, 0.05) is 17.5 Å². The van der Waals surface area contributed by atoms with E-state index in [-0.39, 0.29) is 17.9 Å². The van der Waals surface area contributed by atoms with Crippen molar-refractivity contribution < 1.29 is 9.53 Å². The van der Waals surface area contributed by atoms with Gasteiger partial charge in [-0.1, -0.05) is 18.2 Å². The van der Waals surface area contributed by atoms with E-state index in [0.29, 0.717) is 12.5 Å². The Balaban J connectivity index is 2.02. The molecule has 1 heterocycles. The smallest absolute Gasteiger partial charge is 0.231 e. The zero-order chi connectivity index (χ0) is 12.3. The average Bonchev–Trinajstić information content (AvgIpc) is 2.72. The second kappa shape index (κ2) is 5.41. The molecule has 0 saturated heterocycles. The van der Waals surface area contributed by atoms with E-state index in [4.69, 9.17) is 16.3 Å². The summed E-state index contributed by atoms with van der Waals surface area (Å²) in [6.45, 7) is 2.39. The summed E-state index contributed by atoms with van der Waals surface area (Å²) in [4.78, 5) is 12.1. The Morgan fingerprint density at radius 2 is 2.35 bits per heavy atom. The van der Waals surface area contributed by atoms with Crippen LogP contribution in [0.2, 0.25) is 0 Å². The number of hydrogen-bond donors (Lipinski definition) is 1. The van der Waals surface area contributed by atoms with Crippen LogP contribution in [-0.4, -0.2) is 24.4 Å². The highest BCUT2D eigenvalue weighted by atomic mass is 35.5. The van der Waals surface area contributed by atoms with Gasteiger partial charge in [0.25, 0.3) is 0 Å². The summed E-state index contributed by atoms with van der Waals surface area (Å²) in [5.41, 5.74) is 0.975. The Bertz CT molecular complexity index is 408. The monoisotopic (exact) mass is 253 g/mol. The van der Waals surface area contributed by atoms with Crippen LogP contribution in [0.15, 0.2) is 24.3 Å². The molecular weight excluding hydrogens is 238 g/mol. The number of benzene rings is 1. The van der Waals surface area contributed by atoms with Gasteiger partial charge in [0.05, 0.1) is 0 Å². The maximum absolute atomic E-state index is 12.1. The van der Waals surface area contributed by atoms with Crippen LogP contribution in [-0.2, 0) is 4.79 Å². The standard InChI is InChI=1S/C13H16ClNO2/c1-9(6-7-14)15-13(16)11-8-17-12-5-3-2-4-10(11)12/h2-5,9,11H,6-8H2,1H3,(H,15,16). The molecule has 0 saturated carbocycles. The Hall–Kier alpha value is -1.22. The molecule has 92 valence electrons. The summed E-state index contributed by atoms with van der Waals surface area (Å²) >= 11 is 5.64. The van der Waals surface area contributed by atoms with Crippen molar-refractivity contribution in [2.45, 2.75) is 25.3 Å². The highest BCUT2D eigenvalue weighted by Crippen LogP contribution is 2.33. The van der Waals surface area contributed by atoms with Crippen LogP contribution in [0.3, 0.4) is 0 Å². The first-order valence-electron chi connectivity index (χ1n) is 5.80. The molecule has 1 aliphatic rings. The van der Waals surface area contributed by atoms with Gasteiger partial charge in [0.2, 0.25) is 5.91 Å². The van der Waals surface area contributed by atoms with Gasteiger partial charge in [0.1, 0.15) is 18.3 Å². The number of alkyl halides is 1. The van der Waals surface area contributed by atoms with E-state index in [1.165, 1.54) is 0 Å². The summed E-state index contributed by atoms with van der Waals surface area (Å²) in [5.74, 6) is 1.20. The largest absolute Gasteiger partial charge is 0.492 e. The fourth-order valence-electron chi connectivity index (χ4n) is 1.96. The molecule has 0 fully saturated rings. The lowest BCUT2D eigenvalue weighted by Gasteiger charge is -2.15. The number of carbonyl (C=O) groups excluding carboxylic acids is 1. The van der Waals surface area contributed by atoms with Crippen molar-refractivity contribution in [1.82, 2.24) is 5.32 Å². The van der Waals surface area contributed by atoms with Crippen molar-refractivity contribution in [2.24, 2.45) is 0 Å². The highest BCUT2D eigenvalue weighted by molar-refractivity contribution is 6.17. The molecule has 2 rings (SSSR count). The summed E-state index contributed by atoms with van der Waals surface area (Å²) < 4.78 is 5.49. The summed E-state index contributed by atoms with van der Waals surface area (Å²) in [7, 11) is 0. The van der Waals surface area contributed by atoms with Crippen molar-refractivity contribution in [3.63, 3.8) is 0 Å². The van der Waals surface area contributed by atoms with E-state index in [9.17, 15) is 4.79 Å². The zero-order valence-electron chi connectivity index (χ0n) is 9.78. The molecule has 3 nitrogen and oxygen atoms in total. The van der Waals surface area contributed by atoms with Gasteiger partial charge >= 0.3 is 0 Å². The number of para-hydroxylation sites is 1. The third-order valence-corrected chi connectivity index (χ3v) is 3.17. The molecule has 0 bridgehead atoms. The maximum Gasteiger partial charge on any atom is 0.231 e. The number of amides is 1. The van der Waals surface area contributed by atoms with Gasteiger partial charge in [-0.25, -0.2) is 0 Å². The topological polar surface area (TPSA) is 38.3 Å². The molecule has 0 aliphatic carbocycles. The number of rotatable bonds is 4. The molecule has 1 N–H and O–H groups in total. The van der Waals surface area contributed by atoms with E-state index in [0.717, 1.165) is 17.7 Å². The fraction of sp³-hybridized carbons (Fsp3) is 0.462. The number of hydrogen-bond acceptors (Lipinski definition) is 2. The van der Waals surface area contributed by atoms with Crippen LogP contribution in [0.25, 0.3) is 0 Å². The van der Waals surface area contributed by atoms with Crippen molar-refractivity contribution in [1.29, 1.82) is 0 Å². The van der Waals surface area contributed by atoms with Crippen LogP contribution in [0.1, 0.15) is 24.8 Å². The lowest BCUT2D eigenvalue weighted by molar-refractivity contribution is -0.123. The Kier molecular flexibility index (Phi) is 3.89. The first kappa shape index (κ1) is 12.2. The predicted octanol–water partition coefficient (Wildman–Crippen LogP) is 2.30. The quantitative estimate of drug-likeness (QED) is 0.837. The van der Waals surface area contributed by atoms with Crippen LogP contribution >= 0.6 is 11.6 Å². The van der Waals surface area contributed by atoms with Gasteiger partial charge in [0.15, 0.2) is 0 Å². The van der Waals surface area contributed by atoms with E-state index in [1.54, 1.807) is 0 Å². The molecule has 0 radical (unpaired) electrons. The number of carbonyl (C=O) groups is 1. The summed E-state index contributed by atoms with van der Waals surface area (Å²) in [6.07, 6.45) is 0.780. The minimum Gasteiger partial charge on any atom is -0.492 e. The Morgan fingerprint density at radius 3 is 3.12 bits per heavy atom. The molecule has 2 atom stereocenters. The number of ether oxygens (including phenoxy) is 1. The van der Waals surface area contributed by atoms with Crippen molar-refractivity contribution >= 4 is 17.5 Å². The zero-order valence-corrected chi connectivity index (χ0v) is 10.5. The predicted molar refractivity (Wildman–Crippen MR) is 67.6 cm³/mol. The second-order valence-electron chi connectivity index (χ2n) is 4.29. The van der Waals surface area contributed by atoms with Gasteiger partial charge in [-0.15, -0.1) is 11.6 Å².